The van der Waals surface area contributed by atoms with Gasteiger partial charge in [0.1, 0.15) is 16.7 Å². The van der Waals surface area contributed by atoms with Gasteiger partial charge in [0.25, 0.3) is 11.8 Å². The number of nitrogens with two attached hydrogens (primary N) is 2. The summed E-state index contributed by atoms with van der Waals surface area (Å²) < 4.78 is 17.6. The van der Waals surface area contributed by atoms with Crippen LogP contribution in [0.3, 0.4) is 0 Å². The van der Waals surface area contributed by atoms with Crippen molar-refractivity contribution in [2.75, 3.05) is 17.2 Å². The number of nitrogens with zero attached hydrogens (tertiary/aromatic N) is 2. The normalized spacial score (nSPS) is 11.9. The molecule has 0 spiro atoms. The maximum absolute atomic E-state index is 13.7. The SMILES string of the molecule is CCC(C(=O)NCCC(C)C)N(C(=O)c1snc(C(N)=O)c1N)c1ccc(F)c(Cl)c1. The van der Waals surface area contributed by atoms with Crippen molar-refractivity contribution in [2.24, 2.45) is 11.7 Å². The molecule has 8 nitrogen and oxygen atoms in total. The molecule has 31 heavy (non-hydrogen) atoms. The molecule has 0 bridgehead atoms. The van der Waals surface area contributed by atoms with Crippen LogP contribution in [0.1, 0.15) is 53.8 Å². The van der Waals surface area contributed by atoms with Crippen molar-refractivity contribution in [3.8, 4) is 0 Å². The highest BCUT2D eigenvalue weighted by atomic mass is 35.5. The molecule has 0 radical (unpaired) electrons. The number of hydrogen-bond donors (Lipinski definition) is 3. The number of rotatable bonds is 9. The molecule has 0 fully saturated rings. The lowest BCUT2D eigenvalue weighted by Crippen LogP contribution is -2.50. The van der Waals surface area contributed by atoms with E-state index in [4.69, 9.17) is 23.1 Å². The van der Waals surface area contributed by atoms with Gasteiger partial charge < -0.3 is 16.8 Å². The fourth-order valence-corrected chi connectivity index (χ4v) is 3.82. The lowest BCUT2D eigenvalue weighted by atomic mass is 10.1. The van der Waals surface area contributed by atoms with Crippen molar-refractivity contribution in [3.63, 3.8) is 0 Å². The van der Waals surface area contributed by atoms with Crippen molar-refractivity contribution < 1.29 is 18.8 Å². The molecular formula is C20H25ClFN5O3S. The first-order chi connectivity index (χ1) is 14.6. The van der Waals surface area contributed by atoms with E-state index in [-0.39, 0.29) is 39.3 Å². The summed E-state index contributed by atoms with van der Waals surface area (Å²) >= 11 is 6.62. The summed E-state index contributed by atoms with van der Waals surface area (Å²) in [6.07, 6.45) is 1.03. The molecule has 1 atom stereocenters. The Balaban J connectivity index is 2.49. The molecule has 1 aromatic carbocycles. The molecule has 0 aliphatic heterocycles. The molecule has 1 unspecified atom stereocenters. The molecule has 2 aromatic rings. The number of benzene rings is 1. The molecule has 0 aliphatic rings. The Labute approximate surface area is 188 Å². The minimum absolute atomic E-state index is 0.0531. The summed E-state index contributed by atoms with van der Waals surface area (Å²) in [4.78, 5) is 39.0. The molecule has 0 aliphatic carbocycles. The van der Waals surface area contributed by atoms with Gasteiger partial charge in [0.2, 0.25) is 5.91 Å². The quantitative estimate of drug-likeness (QED) is 0.518. The first kappa shape index (κ1) is 24.5. The first-order valence-corrected chi connectivity index (χ1v) is 10.8. The summed E-state index contributed by atoms with van der Waals surface area (Å²) in [7, 11) is 0. The van der Waals surface area contributed by atoms with Gasteiger partial charge in [-0.25, -0.2) is 4.39 Å². The monoisotopic (exact) mass is 469 g/mol. The maximum Gasteiger partial charge on any atom is 0.272 e. The zero-order chi connectivity index (χ0) is 23.3. The van der Waals surface area contributed by atoms with Crippen molar-refractivity contribution in [3.05, 3.63) is 39.6 Å². The van der Waals surface area contributed by atoms with E-state index >= 15 is 0 Å². The third kappa shape index (κ3) is 5.71. The Kier molecular flexibility index (Phi) is 8.35. The summed E-state index contributed by atoms with van der Waals surface area (Å²) in [6.45, 7) is 6.24. The number of carbonyl (C=O) groups is 3. The maximum atomic E-state index is 13.7. The van der Waals surface area contributed by atoms with E-state index in [1.54, 1.807) is 6.92 Å². The van der Waals surface area contributed by atoms with Gasteiger partial charge in [-0.05, 0) is 48.5 Å². The van der Waals surface area contributed by atoms with Gasteiger partial charge in [-0.3, -0.25) is 19.3 Å². The van der Waals surface area contributed by atoms with E-state index in [9.17, 15) is 18.8 Å². The molecule has 2 rings (SSSR count). The van der Waals surface area contributed by atoms with Crippen LogP contribution in [0.4, 0.5) is 15.8 Å². The zero-order valence-electron chi connectivity index (χ0n) is 17.4. The van der Waals surface area contributed by atoms with Crippen molar-refractivity contribution in [1.82, 2.24) is 9.69 Å². The van der Waals surface area contributed by atoms with E-state index in [1.165, 1.54) is 17.0 Å². The smallest absolute Gasteiger partial charge is 0.272 e. The van der Waals surface area contributed by atoms with Crippen molar-refractivity contribution in [1.29, 1.82) is 0 Å². The van der Waals surface area contributed by atoms with Gasteiger partial charge in [0.05, 0.1) is 10.7 Å². The average Bonchev–Trinajstić information content (AvgIpc) is 3.09. The van der Waals surface area contributed by atoms with Gasteiger partial charge >= 0.3 is 0 Å². The largest absolute Gasteiger partial charge is 0.395 e. The van der Waals surface area contributed by atoms with E-state index in [0.717, 1.165) is 12.5 Å². The van der Waals surface area contributed by atoms with E-state index in [2.05, 4.69) is 9.69 Å². The van der Waals surface area contributed by atoms with Crippen LogP contribution in [-0.2, 0) is 4.79 Å². The zero-order valence-corrected chi connectivity index (χ0v) is 19.0. The number of nitrogen functional groups attached to an aromatic ring is 1. The van der Waals surface area contributed by atoms with Crippen LogP contribution in [0.2, 0.25) is 5.02 Å². The molecule has 11 heteroatoms. The van der Waals surface area contributed by atoms with Gasteiger partial charge in [-0.2, -0.15) is 4.37 Å². The molecule has 0 saturated heterocycles. The Morgan fingerprint density at radius 1 is 1.32 bits per heavy atom. The highest BCUT2D eigenvalue weighted by Gasteiger charge is 2.34. The second kappa shape index (κ2) is 10.5. The predicted octanol–water partition coefficient (Wildman–Crippen LogP) is 3.20. The van der Waals surface area contributed by atoms with Crippen molar-refractivity contribution >= 4 is 52.2 Å². The van der Waals surface area contributed by atoms with Gasteiger partial charge in [0, 0.05) is 12.2 Å². The number of hydrogen-bond acceptors (Lipinski definition) is 6. The van der Waals surface area contributed by atoms with Crippen molar-refractivity contribution in [2.45, 2.75) is 39.7 Å². The average molecular weight is 470 g/mol. The van der Waals surface area contributed by atoms with Crippen LogP contribution in [0.25, 0.3) is 0 Å². The molecule has 1 heterocycles. The fourth-order valence-electron chi connectivity index (χ4n) is 2.90. The molecule has 168 valence electrons. The summed E-state index contributed by atoms with van der Waals surface area (Å²) in [5.41, 5.74) is 11.0. The Morgan fingerprint density at radius 3 is 2.52 bits per heavy atom. The number of carbonyl (C=O) groups excluding carboxylic acids is 3. The van der Waals surface area contributed by atoms with Crippen LogP contribution in [0.5, 0.6) is 0 Å². The highest BCUT2D eigenvalue weighted by Crippen LogP contribution is 2.30. The second-order valence-corrected chi connectivity index (χ2v) is 8.49. The Morgan fingerprint density at radius 2 is 2.00 bits per heavy atom. The van der Waals surface area contributed by atoms with E-state index in [1.807, 2.05) is 13.8 Å². The second-order valence-electron chi connectivity index (χ2n) is 7.31. The summed E-state index contributed by atoms with van der Waals surface area (Å²) in [6, 6.07) is 2.77. The fraction of sp³-hybridized carbons (Fsp3) is 0.400. The predicted molar refractivity (Wildman–Crippen MR) is 120 cm³/mol. The molecule has 1 aromatic heterocycles. The minimum atomic E-state index is -0.931. The van der Waals surface area contributed by atoms with Gasteiger partial charge in [0.15, 0.2) is 5.69 Å². The number of primary amides is 1. The standard InChI is InChI=1S/C20H25ClFN5O3S/c1-4-14(19(29)25-8-7-10(2)3)27(11-5-6-13(22)12(21)9-11)20(30)17-15(23)16(18(24)28)26-31-17/h5-6,9-10,14H,4,7-8,23H2,1-3H3,(H2,24,28)(H,25,29). The first-order valence-electron chi connectivity index (χ1n) is 9.69. The van der Waals surface area contributed by atoms with Gasteiger partial charge in [-0.1, -0.05) is 32.4 Å². The number of halogens is 2. The minimum Gasteiger partial charge on any atom is -0.395 e. The number of anilines is 2. The molecular weight excluding hydrogens is 445 g/mol. The van der Waals surface area contributed by atoms with Gasteiger partial charge in [-0.15, -0.1) is 0 Å². The highest BCUT2D eigenvalue weighted by molar-refractivity contribution is 7.09. The topological polar surface area (TPSA) is 131 Å². The third-order valence-corrected chi connectivity index (χ3v) is 5.72. The van der Waals surface area contributed by atoms with Crippen LogP contribution >= 0.6 is 23.1 Å². The molecule has 3 amide bonds. The lowest BCUT2D eigenvalue weighted by Gasteiger charge is -2.30. The summed E-state index contributed by atoms with van der Waals surface area (Å²) in [5.74, 6) is -2.20. The van der Waals surface area contributed by atoms with E-state index < -0.39 is 23.7 Å². The van der Waals surface area contributed by atoms with Crippen LogP contribution in [-0.4, -0.2) is 34.7 Å². The lowest BCUT2D eigenvalue weighted by molar-refractivity contribution is -0.122. The Bertz CT molecular complexity index is 982. The number of nitrogens with one attached hydrogen (secondary N) is 1. The van der Waals surface area contributed by atoms with Crippen LogP contribution < -0.4 is 21.7 Å². The molecule has 5 N–H and O–H groups in total. The number of amides is 3. The number of aromatic nitrogens is 1. The van der Waals surface area contributed by atoms with Crippen LogP contribution in [0.15, 0.2) is 18.2 Å². The third-order valence-electron chi connectivity index (χ3n) is 4.58. The Hall–Kier alpha value is -2.72. The van der Waals surface area contributed by atoms with E-state index in [0.29, 0.717) is 24.0 Å². The molecule has 0 saturated carbocycles. The van der Waals surface area contributed by atoms with Crippen LogP contribution in [0, 0.1) is 11.7 Å². The summed E-state index contributed by atoms with van der Waals surface area (Å²) in [5, 5.41) is 2.62.